The third-order valence-electron chi connectivity index (χ3n) is 1.31. The molecule has 1 rings (SSSR count). The van der Waals surface area contributed by atoms with Crippen molar-refractivity contribution in [2.45, 2.75) is 55.4 Å². The van der Waals surface area contributed by atoms with E-state index in [0.717, 1.165) is 10.6 Å². The quantitative estimate of drug-likeness (QED) is 0.745. The number of thiazole rings is 1. The SMILES string of the molecule is C#C.C=Cc1nc(NC(C)=O)sc1C.CC.CC.CC. The Kier molecular flexibility index (Phi) is 30.3. The van der Waals surface area contributed by atoms with Crippen LogP contribution in [0.3, 0.4) is 0 Å². The fourth-order valence-corrected chi connectivity index (χ4v) is 1.66. The topological polar surface area (TPSA) is 42.0 Å². The average molecular weight is 298 g/mol. The van der Waals surface area contributed by atoms with E-state index in [-0.39, 0.29) is 5.91 Å². The molecule has 1 heterocycles. The van der Waals surface area contributed by atoms with Gasteiger partial charge in [-0.3, -0.25) is 4.79 Å². The van der Waals surface area contributed by atoms with Gasteiger partial charge in [0.15, 0.2) is 5.13 Å². The van der Waals surface area contributed by atoms with Gasteiger partial charge in [-0.1, -0.05) is 48.1 Å². The maximum atomic E-state index is 10.7. The lowest BCUT2D eigenvalue weighted by Crippen LogP contribution is -2.04. The normalized spacial score (nSPS) is 6.70. The summed E-state index contributed by atoms with van der Waals surface area (Å²) >= 11 is 1.45. The zero-order chi connectivity index (χ0) is 17.1. The van der Waals surface area contributed by atoms with Crippen LogP contribution in [0, 0.1) is 19.8 Å². The number of hydrogen-bond donors (Lipinski definition) is 1. The molecule has 0 radical (unpaired) electrons. The summed E-state index contributed by atoms with van der Waals surface area (Å²) in [6, 6.07) is 0. The second-order valence-electron chi connectivity index (χ2n) is 2.35. The van der Waals surface area contributed by atoms with Crippen molar-refractivity contribution in [1.82, 2.24) is 4.98 Å². The number of carbonyl (C=O) groups is 1. The van der Waals surface area contributed by atoms with Gasteiger partial charge in [-0.05, 0) is 13.0 Å². The van der Waals surface area contributed by atoms with E-state index in [1.165, 1.54) is 18.3 Å². The second-order valence-corrected chi connectivity index (χ2v) is 3.55. The molecule has 4 heteroatoms. The molecule has 1 aromatic heterocycles. The van der Waals surface area contributed by atoms with Crippen LogP contribution < -0.4 is 5.32 Å². The smallest absolute Gasteiger partial charge is 0.223 e. The minimum atomic E-state index is -0.0978. The molecule has 20 heavy (non-hydrogen) atoms. The number of anilines is 1. The first-order valence-electron chi connectivity index (χ1n) is 6.84. The predicted molar refractivity (Wildman–Crippen MR) is 95.2 cm³/mol. The van der Waals surface area contributed by atoms with Crippen molar-refractivity contribution < 1.29 is 4.79 Å². The molecule has 0 spiro atoms. The predicted octanol–water partition coefficient (Wildman–Crippen LogP) is 5.38. The van der Waals surface area contributed by atoms with E-state index in [1.54, 1.807) is 6.08 Å². The standard InChI is InChI=1S/C8H10N2OS.3C2H6.C2H2/c1-4-7-5(2)12-8(10-7)9-6(3)11;4*1-2/h4H,1H2,2-3H3,(H,9,10,11);3*1-2H3;1-2H. The summed E-state index contributed by atoms with van der Waals surface area (Å²) in [5, 5.41) is 3.26. The number of aromatic nitrogens is 1. The van der Waals surface area contributed by atoms with Gasteiger partial charge < -0.3 is 5.32 Å². The maximum absolute atomic E-state index is 10.7. The minimum Gasteiger partial charge on any atom is -0.302 e. The first-order chi connectivity index (χ1) is 9.63. The molecule has 116 valence electrons. The van der Waals surface area contributed by atoms with E-state index in [9.17, 15) is 4.79 Å². The fourth-order valence-electron chi connectivity index (χ4n) is 0.802. The summed E-state index contributed by atoms with van der Waals surface area (Å²) in [6.07, 6.45) is 9.68. The molecular formula is C16H30N2OS. The Morgan fingerprint density at radius 1 is 1.20 bits per heavy atom. The van der Waals surface area contributed by atoms with Gasteiger partial charge in [0.1, 0.15) is 0 Å². The van der Waals surface area contributed by atoms with Crippen molar-refractivity contribution in [1.29, 1.82) is 0 Å². The number of rotatable bonds is 2. The number of nitrogens with one attached hydrogen (secondary N) is 1. The Morgan fingerprint density at radius 3 is 1.85 bits per heavy atom. The zero-order valence-corrected chi connectivity index (χ0v) is 15.0. The highest BCUT2D eigenvalue weighted by Crippen LogP contribution is 2.22. The molecule has 0 unspecified atom stereocenters. The third-order valence-corrected chi connectivity index (χ3v) is 2.21. The van der Waals surface area contributed by atoms with E-state index >= 15 is 0 Å². The van der Waals surface area contributed by atoms with E-state index in [1.807, 2.05) is 48.5 Å². The van der Waals surface area contributed by atoms with Crippen LogP contribution in [-0.4, -0.2) is 10.9 Å². The lowest BCUT2D eigenvalue weighted by atomic mass is 10.4. The molecule has 0 bridgehead atoms. The Balaban J connectivity index is -0.000000138. The van der Waals surface area contributed by atoms with Crippen LogP contribution in [0.1, 0.15) is 59.0 Å². The molecule has 0 aliphatic heterocycles. The lowest BCUT2D eigenvalue weighted by molar-refractivity contribution is -0.114. The summed E-state index contributed by atoms with van der Waals surface area (Å²) < 4.78 is 0. The molecular weight excluding hydrogens is 268 g/mol. The van der Waals surface area contributed by atoms with Crippen LogP contribution in [0.5, 0.6) is 0 Å². The largest absolute Gasteiger partial charge is 0.302 e. The second kappa shape index (κ2) is 22.6. The molecule has 0 atom stereocenters. The molecule has 0 aliphatic carbocycles. The molecule has 0 aromatic carbocycles. The van der Waals surface area contributed by atoms with Gasteiger partial charge in [-0.15, -0.1) is 24.2 Å². The number of amides is 1. The molecule has 0 fully saturated rings. The van der Waals surface area contributed by atoms with Gasteiger partial charge >= 0.3 is 0 Å². The number of nitrogens with zero attached hydrogens (tertiary/aromatic N) is 1. The van der Waals surface area contributed by atoms with Crippen molar-refractivity contribution in [3.05, 3.63) is 17.2 Å². The maximum Gasteiger partial charge on any atom is 0.223 e. The molecule has 1 N–H and O–H groups in total. The highest BCUT2D eigenvalue weighted by molar-refractivity contribution is 7.15. The molecule has 0 saturated carbocycles. The van der Waals surface area contributed by atoms with Gasteiger partial charge in [-0.2, -0.15) is 0 Å². The van der Waals surface area contributed by atoms with Gasteiger partial charge in [0.05, 0.1) is 5.69 Å². The zero-order valence-electron chi connectivity index (χ0n) is 14.2. The van der Waals surface area contributed by atoms with Crippen molar-refractivity contribution >= 4 is 28.5 Å². The monoisotopic (exact) mass is 298 g/mol. The Hall–Kier alpha value is -1.60. The van der Waals surface area contributed by atoms with Crippen molar-refractivity contribution in [3.63, 3.8) is 0 Å². The van der Waals surface area contributed by atoms with Crippen LogP contribution in [0.2, 0.25) is 0 Å². The first kappa shape index (κ1) is 26.9. The van der Waals surface area contributed by atoms with Crippen molar-refractivity contribution in [2.75, 3.05) is 5.32 Å². The average Bonchev–Trinajstić information content (AvgIpc) is 2.86. The van der Waals surface area contributed by atoms with E-state index < -0.39 is 0 Å². The Labute approximate surface area is 129 Å². The highest BCUT2D eigenvalue weighted by Gasteiger charge is 2.04. The van der Waals surface area contributed by atoms with Gasteiger partial charge in [0.2, 0.25) is 5.91 Å². The number of hydrogen-bond acceptors (Lipinski definition) is 3. The number of carbonyl (C=O) groups excluding carboxylic acids is 1. The summed E-state index contributed by atoms with van der Waals surface area (Å²) in [6.45, 7) is 19.0. The van der Waals surface area contributed by atoms with Crippen molar-refractivity contribution in [3.8, 4) is 12.8 Å². The van der Waals surface area contributed by atoms with Crippen LogP contribution >= 0.6 is 11.3 Å². The summed E-state index contributed by atoms with van der Waals surface area (Å²) in [5.74, 6) is -0.0978. The third kappa shape index (κ3) is 14.5. The van der Waals surface area contributed by atoms with Crippen molar-refractivity contribution in [2.24, 2.45) is 0 Å². The summed E-state index contributed by atoms with van der Waals surface area (Å²) in [5.41, 5.74) is 0.837. The first-order valence-corrected chi connectivity index (χ1v) is 7.66. The summed E-state index contributed by atoms with van der Waals surface area (Å²) in [7, 11) is 0. The molecule has 0 aliphatic rings. The van der Waals surface area contributed by atoms with Crippen LogP contribution in [-0.2, 0) is 4.79 Å². The minimum absolute atomic E-state index is 0.0978. The molecule has 0 saturated heterocycles. The fraction of sp³-hybridized carbons (Fsp3) is 0.500. The highest BCUT2D eigenvalue weighted by atomic mass is 32.1. The van der Waals surface area contributed by atoms with Crippen LogP contribution in [0.25, 0.3) is 6.08 Å². The Bertz CT molecular complexity index is 355. The Morgan fingerprint density at radius 2 is 1.60 bits per heavy atom. The summed E-state index contributed by atoms with van der Waals surface area (Å²) in [4.78, 5) is 15.9. The number of aryl methyl sites for hydroxylation is 1. The van der Waals surface area contributed by atoms with Gasteiger partial charge in [-0.25, -0.2) is 4.98 Å². The van der Waals surface area contributed by atoms with Crippen LogP contribution in [0.4, 0.5) is 5.13 Å². The van der Waals surface area contributed by atoms with E-state index in [0.29, 0.717) is 5.13 Å². The van der Waals surface area contributed by atoms with E-state index in [4.69, 9.17) is 0 Å². The lowest BCUT2D eigenvalue weighted by Gasteiger charge is -1.91. The van der Waals surface area contributed by atoms with E-state index in [2.05, 4.69) is 29.7 Å². The molecule has 3 nitrogen and oxygen atoms in total. The van der Waals surface area contributed by atoms with Gasteiger partial charge in [0, 0.05) is 11.8 Å². The molecule has 1 aromatic rings. The van der Waals surface area contributed by atoms with Crippen LogP contribution in [0.15, 0.2) is 6.58 Å². The van der Waals surface area contributed by atoms with Gasteiger partial charge in [0.25, 0.3) is 0 Å². The number of terminal acetylenes is 1. The molecule has 1 amide bonds.